The number of para-hydroxylation sites is 1. The van der Waals surface area contributed by atoms with Gasteiger partial charge in [0.15, 0.2) is 0 Å². The van der Waals surface area contributed by atoms with Gasteiger partial charge in [-0.05, 0) is 55.0 Å². The Labute approximate surface area is 149 Å². The Morgan fingerprint density at radius 2 is 2.21 bits per heavy atom. The number of carbonyl (C=O) groups excluding carboxylic acids is 1. The molecule has 1 aliphatic heterocycles. The van der Waals surface area contributed by atoms with Crippen LogP contribution in [0.5, 0.6) is 0 Å². The van der Waals surface area contributed by atoms with Gasteiger partial charge in [0.25, 0.3) is 0 Å². The first-order valence-electron chi connectivity index (χ1n) is 8.10. The Morgan fingerprint density at radius 3 is 3.00 bits per heavy atom. The number of hydrogen-bond acceptors (Lipinski definition) is 4. The lowest BCUT2D eigenvalue weighted by Gasteiger charge is -2.21. The van der Waals surface area contributed by atoms with E-state index in [1.54, 1.807) is 28.7 Å². The summed E-state index contributed by atoms with van der Waals surface area (Å²) in [6.45, 7) is 2.88. The van der Waals surface area contributed by atoms with Crippen molar-refractivity contribution in [2.45, 2.75) is 25.8 Å². The van der Waals surface area contributed by atoms with Gasteiger partial charge in [-0.3, -0.25) is 4.79 Å². The number of fused-ring (bicyclic) bond motifs is 1. The van der Waals surface area contributed by atoms with Crippen LogP contribution in [0.25, 0.3) is 16.3 Å². The number of aryl methyl sites for hydroxylation is 1. The minimum Gasteiger partial charge on any atom is -0.330 e. The smallest absolute Gasteiger partial charge is 0.247 e. The highest BCUT2D eigenvalue weighted by Crippen LogP contribution is 2.36. The molecule has 1 aliphatic rings. The summed E-state index contributed by atoms with van der Waals surface area (Å²) in [6, 6.07) is 10.4. The van der Waals surface area contributed by atoms with Crippen LogP contribution < -0.4 is 0 Å². The highest BCUT2D eigenvalue weighted by Gasteiger charge is 2.31. The predicted molar refractivity (Wildman–Crippen MR) is 101 cm³/mol. The molecule has 0 aliphatic carbocycles. The normalized spacial score (nSPS) is 18.0. The number of aromatic nitrogens is 1. The molecule has 1 saturated heterocycles. The summed E-state index contributed by atoms with van der Waals surface area (Å²) in [4.78, 5) is 20.5. The summed E-state index contributed by atoms with van der Waals surface area (Å²) in [7, 11) is 0. The van der Waals surface area contributed by atoms with E-state index in [1.807, 2.05) is 29.2 Å². The van der Waals surface area contributed by atoms with Crippen molar-refractivity contribution >= 4 is 44.9 Å². The third-order valence-electron chi connectivity index (χ3n) is 4.41. The number of benzene rings is 1. The van der Waals surface area contributed by atoms with Crippen LogP contribution in [-0.2, 0) is 4.79 Å². The molecular weight excluding hydrogens is 336 g/mol. The summed E-state index contributed by atoms with van der Waals surface area (Å²) in [5, 5.41) is 3.11. The molecule has 1 amide bonds. The van der Waals surface area contributed by atoms with Gasteiger partial charge in [-0.2, -0.15) is 0 Å². The zero-order valence-electron chi connectivity index (χ0n) is 13.4. The molecule has 24 heavy (non-hydrogen) atoms. The molecule has 1 aromatic carbocycles. The summed E-state index contributed by atoms with van der Waals surface area (Å²) >= 11 is 3.37. The van der Waals surface area contributed by atoms with Gasteiger partial charge in [0.05, 0.1) is 16.3 Å². The Kier molecular flexibility index (Phi) is 4.21. The molecule has 1 fully saturated rings. The molecule has 4 rings (SSSR count). The molecular formula is C19H18N2OS2. The lowest BCUT2D eigenvalue weighted by Crippen LogP contribution is -2.28. The average molecular weight is 354 g/mol. The zero-order valence-corrected chi connectivity index (χ0v) is 15.1. The summed E-state index contributed by atoms with van der Waals surface area (Å²) < 4.78 is 1.19. The summed E-state index contributed by atoms with van der Waals surface area (Å²) in [5.74, 6) is 0.0876. The van der Waals surface area contributed by atoms with Crippen molar-refractivity contribution in [2.24, 2.45) is 0 Å². The van der Waals surface area contributed by atoms with E-state index in [4.69, 9.17) is 4.98 Å². The Balaban J connectivity index is 1.57. The van der Waals surface area contributed by atoms with Gasteiger partial charge in [-0.15, -0.1) is 22.7 Å². The maximum atomic E-state index is 12.7. The Morgan fingerprint density at radius 1 is 1.33 bits per heavy atom. The lowest BCUT2D eigenvalue weighted by atomic mass is 10.2. The minimum absolute atomic E-state index is 0.0876. The predicted octanol–water partition coefficient (Wildman–Crippen LogP) is 5.04. The Bertz CT molecular complexity index is 876. The van der Waals surface area contributed by atoms with Crippen LogP contribution in [0.3, 0.4) is 0 Å². The van der Waals surface area contributed by atoms with Gasteiger partial charge >= 0.3 is 0 Å². The fourth-order valence-electron chi connectivity index (χ4n) is 3.12. The first kappa shape index (κ1) is 15.5. The minimum atomic E-state index is 0.0876. The molecule has 5 heteroatoms. The fourth-order valence-corrected chi connectivity index (χ4v) is 5.05. The molecule has 2 aromatic heterocycles. The van der Waals surface area contributed by atoms with Gasteiger partial charge in [-0.25, -0.2) is 4.98 Å². The highest BCUT2D eigenvalue weighted by molar-refractivity contribution is 7.18. The van der Waals surface area contributed by atoms with Gasteiger partial charge in [0, 0.05) is 17.5 Å². The van der Waals surface area contributed by atoms with Crippen molar-refractivity contribution in [1.82, 2.24) is 9.88 Å². The number of amides is 1. The molecule has 3 heterocycles. The van der Waals surface area contributed by atoms with Crippen LogP contribution >= 0.6 is 22.7 Å². The van der Waals surface area contributed by atoms with Crippen LogP contribution in [0.1, 0.15) is 34.3 Å². The van der Waals surface area contributed by atoms with Crippen molar-refractivity contribution in [1.29, 1.82) is 0 Å². The second-order valence-electron chi connectivity index (χ2n) is 6.01. The second kappa shape index (κ2) is 6.49. The monoisotopic (exact) mass is 354 g/mol. The first-order chi connectivity index (χ1) is 11.7. The van der Waals surface area contributed by atoms with Crippen molar-refractivity contribution in [3.05, 3.63) is 57.2 Å². The number of rotatable bonds is 3. The van der Waals surface area contributed by atoms with E-state index >= 15 is 0 Å². The van der Waals surface area contributed by atoms with Gasteiger partial charge in [0.2, 0.25) is 5.91 Å². The third kappa shape index (κ3) is 2.89. The number of thiophene rings is 1. The number of carbonyl (C=O) groups is 1. The van der Waals surface area contributed by atoms with Crippen molar-refractivity contribution in [3.8, 4) is 0 Å². The lowest BCUT2D eigenvalue weighted by molar-refractivity contribution is -0.126. The largest absolute Gasteiger partial charge is 0.330 e. The molecule has 3 aromatic rings. The number of nitrogens with zero attached hydrogens (tertiary/aromatic N) is 2. The zero-order chi connectivity index (χ0) is 16.5. The fraction of sp³-hybridized carbons (Fsp3) is 0.263. The molecule has 0 spiro atoms. The Hall–Kier alpha value is -1.98. The molecule has 0 N–H and O–H groups in total. The summed E-state index contributed by atoms with van der Waals surface area (Å²) in [5.41, 5.74) is 2.25. The maximum Gasteiger partial charge on any atom is 0.247 e. The van der Waals surface area contributed by atoms with Gasteiger partial charge in [0.1, 0.15) is 5.01 Å². The maximum absolute atomic E-state index is 12.7. The first-order valence-corrected chi connectivity index (χ1v) is 9.80. The number of likely N-dealkylation sites (tertiary alicyclic amines) is 1. The molecule has 1 atom stereocenters. The number of hydrogen-bond donors (Lipinski definition) is 0. The van der Waals surface area contributed by atoms with Crippen molar-refractivity contribution < 1.29 is 4.79 Å². The van der Waals surface area contributed by atoms with E-state index in [0.29, 0.717) is 0 Å². The topological polar surface area (TPSA) is 33.2 Å². The van der Waals surface area contributed by atoms with Crippen LogP contribution in [0.4, 0.5) is 0 Å². The molecule has 0 saturated carbocycles. The van der Waals surface area contributed by atoms with Gasteiger partial charge < -0.3 is 4.90 Å². The van der Waals surface area contributed by atoms with E-state index in [1.165, 1.54) is 10.3 Å². The van der Waals surface area contributed by atoms with Crippen LogP contribution in [0.15, 0.2) is 41.8 Å². The van der Waals surface area contributed by atoms with Crippen LogP contribution in [-0.4, -0.2) is 22.3 Å². The SMILES string of the molecule is Cc1ccsc1C=CC(=O)N1CCCC1c1nc2ccccc2s1. The standard InChI is InChI=1S/C19H18N2OS2/c1-13-10-12-23-16(13)8-9-18(22)21-11-4-6-15(21)19-20-14-5-2-3-7-17(14)24-19/h2-3,5,7-10,12,15H,4,6,11H2,1H3. The van der Waals surface area contributed by atoms with E-state index in [0.717, 1.165) is 34.8 Å². The molecule has 1 unspecified atom stereocenters. The van der Waals surface area contributed by atoms with Crippen LogP contribution in [0.2, 0.25) is 0 Å². The van der Waals surface area contributed by atoms with E-state index < -0.39 is 0 Å². The molecule has 3 nitrogen and oxygen atoms in total. The van der Waals surface area contributed by atoms with Crippen molar-refractivity contribution in [2.75, 3.05) is 6.54 Å². The average Bonchev–Trinajstić information content (AvgIpc) is 3.31. The molecule has 0 bridgehead atoms. The third-order valence-corrected chi connectivity index (χ3v) is 6.53. The van der Waals surface area contributed by atoms with Crippen LogP contribution in [0, 0.1) is 6.92 Å². The van der Waals surface area contributed by atoms with E-state index in [-0.39, 0.29) is 11.9 Å². The quantitative estimate of drug-likeness (QED) is 0.617. The second-order valence-corrected chi connectivity index (χ2v) is 8.02. The summed E-state index contributed by atoms with van der Waals surface area (Å²) in [6.07, 6.45) is 5.69. The number of thiazole rings is 1. The van der Waals surface area contributed by atoms with Crippen molar-refractivity contribution in [3.63, 3.8) is 0 Å². The van der Waals surface area contributed by atoms with E-state index in [9.17, 15) is 4.79 Å². The van der Waals surface area contributed by atoms with Gasteiger partial charge in [-0.1, -0.05) is 12.1 Å². The molecule has 122 valence electrons. The molecule has 0 radical (unpaired) electrons. The van der Waals surface area contributed by atoms with E-state index in [2.05, 4.69) is 24.4 Å². The highest BCUT2D eigenvalue weighted by atomic mass is 32.1.